The van der Waals surface area contributed by atoms with E-state index in [9.17, 15) is 13.2 Å². The van der Waals surface area contributed by atoms with Crippen LogP contribution in [-0.2, 0) is 0 Å². The molecule has 0 bridgehead atoms. The normalized spacial score (nSPS) is 11.2. The fraction of sp³-hybridized carbons (Fsp3) is 0.276. The first-order valence-electron chi connectivity index (χ1n) is 49.8. The average molecular weight is 1930 g/mol. The van der Waals surface area contributed by atoms with E-state index in [2.05, 4.69) is 279 Å². The Labute approximate surface area is 853 Å². The van der Waals surface area contributed by atoms with Gasteiger partial charge in [-0.3, -0.25) is 29.9 Å². The molecule has 1 atom stereocenters. The number of rotatable bonds is 14. The Kier molecular flexibility index (Phi) is 40.1. The molecule has 0 radical (unpaired) electrons. The van der Waals surface area contributed by atoms with E-state index >= 15 is 0 Å². The first-order chi connectivity index (χ1) is 69.7. The first-order valence-corrected chi connectivity index (χ1v) is 49.8. The van der Waals surface area contributed by atoms with E-state index in [1.807, 2.05) is 170 Å². The van der Waals surface area contributed by atoms with Crippen LogP contribution in [-0.4, -0.2) is 71.2 Å². The highest BCUT2D eigenvalue weighted by molar-refractivity contribution is 5.94. The third kappa shape index (κ3) is 28.5. The van der Waals surface area contributed by atoms with E-state index in [1.54, 1.807) is 77.0 Å². The number of halogens is 3. The van der Waals surface area contributed by atoms with Crippen molar-refractivity contribution in [3.8, 4) is 29.6 Å². The van der Waals surface area contributed by atoms with Crippen LogP contribution in [0.4, 0.5) is 13.2 Å². The van der Waals surface area contributed by atoms with Crippen molar-refractivity contribution in [3.05, 3.63) is 401 Å². The summed E-state index contributed by atoms with van der Waals surface area (Å²) in [7, 11) is 5.00. The molecule has 0 N–H and O–H groups in total. The van der Waals surface area contributed by atoms with Gasteiger partial charge in [-0.2, -0.15) is 10.5 Å². The van der Waals surface area contributed by atoms with Gasteiger partial charge in [-0.1, -0.05) is 272 Å². The topological polar surface area (TPSA) is 204 Å². The summed E-state index contributed by atoms with van der Waals surface area (Å²) in [5.41, 5.74) is 20.0. The highest BCUT2D eigenvalue weighted by Gasteiger charge is 2.18. The summed E-state index contributed by atoms with van der Waals surface area (Å²) < 4.78 is 55.7. The summed E-state index contributed by atoms with van der Waals surface area (Å²) in [6, 6.07) is 87.9. The lowest BCUT2D eigenvalue weighted by atomic mass is 9.95. The summed E-state index contributed by atoms with van der Waals surface area (Å²) in [6.45, 7) is 44.8. The lowest BCUT2D eigenvalue weighted by Crippen LogP contribution is -1.95. The largest absolute Gasteiger partial charge is 0.496 e. The number of aromatic nitrogens is 10. The summed E-state index contributed by atoms with van der Waals surface area (Å²) in [4.78, 5) is 42.2. The van der Waals surface area contributed by atoms with E-state index in [0.29, 0.717) is 98.8 Å². The van der Waals surface area contributed by atoms with Gasteiger partial charge in [0, 0.05) is 122 Å². The molecule has 0 spiro atoms. The van der Waals surface area contributed by atoms with Gasteiger partial charge in [-0.25, -0.2) is 33.1 Å². The molecule has 0 saturated heterocycles. The van der Waals surface area contributed by atoms with Crippen LogP contribution >= 0.6 is 0 Å². The van der Waals surface area contributed by atoms with E-state index in [4.69, 9.17) is 24.7 Å². The minimum atomic E-state index is -1.01. The van der Waals surface area contributed by atoms with E-state index < -0.39 is 6.17 Å². The van der Waals surface area contributed by atoms with Crippen LogP contribution in [0, 0.1) is 34.3 Å². The molecule has 10 aromatic carbocycles. The Morgan fingerprint density at radius 1 is 0.276 bits per heavy atom. The molecule has 0 aliphatic carbocycles. The number of hydrogen-bond acceptors (Lipinski definition) is 15. The molecule has 20 aromatic rings. The third-order valence-electron chi connectivity index (χ3n) is 25.1. The van der Waals surface area contributed by atoms with Crippen LogP contribution in [0.5, 0.6) is 17.5 Å². The van der Waals surface area contributed by atoms with Gasteiger partial charge in [0.05, 0.1) is 66.2 Å². The quantitative estimate of drug-likeness (QED) is 0.0993. The van der Waals surface area contributed by atoms with Crippen molar-refractivity contribution in [2.75, 3.05) is 21.3 Å². The summed E-state index contributed by atoms with van der Waals surface area (Å²) in [5, 5.41) is 32.9. The maximum Gasteiger partial charge on any atom is 0.221 e. The van der Waals surface area contributed by atoms with E-state index in [1.165, 1.54) is 90.7 Å². The van der Waals surface area contributed by atoms with Crippen molar-refractivity contribution in [2.24, 2.45) is 0 Å². The van der Waals surface area contributed by atoms with Crippen LogP contribution in [0.15, 0.2) is 317 Å². The van der Waals surface area contributed by atoms with Gasteiger partial charge in [0.1, 0.15) is 40.8 Å². The molecule has 742 valence electrons. The predicted octanol–water partition coefficient (Wildman–Crippen LogP) is 34.7. The summed E-state index contributed by atoms with van der Waals surface area (Å²) >= 11 is 0. The molecule has 18 heteroatoms. The lowest BCUT2D eigenvalue weighted by molar-refractivity contribution is 0.366. The smallest absolute Gasteiger partial charge is 0.221 e. The van der Waals surface area contributed by atoms with Gasteiger partial charge in [0.25, 0.3) is 0 Å². The summed E-state index contributed by atoms with van der Waals surface area (Å²) in [6.07, 6.45) is 16.5. The molecule has 1 unspecified atom stereocenters. The number of benzene rings is 10. The van der Waals surface area contributed by atoms with Crippen LogP contribution in [0.1, 0.15) is 283 Å². The highest BCUT2D eigenvalue weighted by Crippen LogP contribution is 2.37. The second-order valence-electron chi connectivity index (χ2n) is 38.6. The third-order valence-corrected chi connectivity index (χ3v) is 25.1. The van der Waals surface area contributed by atoms with Gasteiger partial charge in [-0.05, 0) is 259 Å². The minimum absolute atomic E-state index is 0.197. The monoisotopic (exact) mass is 1930 g/mol. The second kappa shape index (κ2) is 53.0. The molecular formula is C127H135F3N12O3. The van der Waals surface area contributed by atoms with Gasteiger partial charge in [-0.15, -0.1) is 0 Å². The maximum atomic E-state index is 13.4. The van der Waals surface area contributed by atoms with E-state index in [0.717, 1.165) is 87.4 Å². The molecule has 0 aliphatic rings. The van der Waals surface area contributed by atoms with Crippen molar-refractivity contribution in [3.63, 3.8) is 0 Å². The Balaban J connectivity index is 0.000000153. The average Bonchev–Trinajstić information content (AvgIpc) is 0.795. The minimum Gasteiger partial charge on any atom is -0.496 e. The van der Waals surface area contributed by atoms with Gasteiger partial charge in [0.15, 0.2) is 0 Å². The van der Waals surface area contributed by atoms with Crippen LogP contribution in [0.3, 0.4) is 0 Å². The number of ether oxygens (including phenoxy) is 3. The number of para-hydroxylation sites is 1. The lowest BCUT2D eigenvalue weighted by Gasteiger charge is -2.12. The van der Waals surface area contributed by atoms with Crippen molar-refractivity contribution >= 4 is 109 Å². The standard InChI is InChI=1S/C14H16FN.2C13H12N2.3C13H15NO.2C12H12FN.2C12H13N/c1-9(2)11-5-4-6-14-12(11)7-8-13(16-14)10(3)15;1-9(2)11-4-3-10(7-14)13-8-15-6-5-12(11)13;1-9(2)10-4-3-5-12-11(10)6-7-15-13(12)8-14;1-9(2)10-5-4-6-12-11(10)7-8-14-13(12)15-3;1-9(2)10-5-4-6-12-11(10)7-8-13(14-12)15-3;1-9(2)10-5-4-6-11-13(10)12(15-3)7-8-14-11;1-8(2)9-3-4-12(13)11-7-14-6-5-10(9)11;1-8(2)9-5-6-11(13)12-10(9)4-3-7-14-12;1-9(2)11-6-5-10-4-3-7-13-12(10)8-11;1-9(2)11-7-10-5-3-4-6-12(10)13-8-11/h4-10H,1-3H3;3-6,8-9H,1-2H3;3-7,9H,1-2H3;3*4-9H,1-3H3;2*3-8H,1-2H3;2*3-9H,1-2H3. The van der Waals surface area contributed by atoms with Crippen molar-refractivity contribution in [1.82, 2.24) is 49.8 Å². The number of nitrogens with zero attached hydrogens (tertiary/aromatic N) is 12. The zero-order valence-corrected chi connectivity index (χ0v) is 88.1. The zero-order valence-electron chi connectivity index (χ0n) is 88.1. The molecule has 20 rings (SSSR count). The molecule has 15 nitrogen and oxygen atoms in total. The number of nitriles is 2. The molecule has 0 aliphatic heterocycles. The molecule has 0 amide bonds. The summed E-state index contributed by atoms with van der Waals surface area (Å²) in [5.74, 6) is 6.65. The Morgan fingerprint density at radius 3 is 1.32 bits per heavy atom. The van der Waals surface area contributed by atoms with Gasteiger partial charge >= 0.3 is 0 Å². The molecule has 10 heterocycles. The number of hydrogen-bond donors (Lipinski definition) is 0. The molecular weight excluding hydrogens is 1800 g/mol. The molecule has 10 aromatic heterocycles. The van der Waals surface area contributed by atoms with Crippen LogP contribution < -0.4 is 14.2 Å². The fourth-order valence-corrected chi connectivity index (χ4v) is 17.3. The van der Waals surface area contributed by atoms with Crippen molar-refractivity contribution < 1.29 is 27.4 Å². The Morgan fingerprint density at radius 2 is 0.738 bits per heavy atom. The molecule has 145 heavy (non-hydrogen) atoms. The zero-order chi connectivity index (χ0) is 105. The van der Waals surface area contributed by atoms with Crippen molar-refractivity contribution in [1.29, 1.82) is 10.5 Å². The molecule has 0 saturated carbocycles. The van der Waals surface area contributed by atoms with Gasteiger partial charge < -0.3 is 14.2 Å². The molecule has 0 fully saturated rings. The number of alkyl halides is 1. The first kappa shape index (κ1) is 110. The highest BCUT2D eigenvalue weighted by atomic mass is 19.1. The second-order valence-corrected chi connectivity index (χ2v) is 38.6. The Bertz CT molecular complexity index is 7580. The van der Waals surface area contributed by atoms with E-state index in [-0.39, 0.29) is 11.6 Å². The van der Waals surface area contributed by atoms with Crippen molar-refractivity contribution in [2.45, 2.75) is 211 Å². The SMILES string of the molecule is CC(C)c1ccc(C#N)c2cnccc12.CC(C)c1ccc(F)c2cnccc12.CC(C)c1ccc(F)c2ncccc12.CC(C)c1ccc2cccnc2c1.CC(C)c1cccc2c(C#N)nccc12.CC(C)c1cccc2nc(C(C)F)ccc12.CC(C)c1cnc2ccccc2c1.COc1ccc2c(C(C)C)cccc2n1.COc1ccnc2cccc(C(C)C)c12.COc1nccc2c(C(C)C)cccc12. The predicted molar refractivity (Wildman–Crippen MR) is 597 cm³/mol. The van der Waals surface area contributed by atoms with Crippen LogP contribution in [0.25, 0.3) is 109 Å². The number of methoxy groups -OCH3 is 3. The fourth-order valence-electron chi connectivity index (χ4n) is 17.3. The van der Waals surface area contributed by atoms with Crippen LogP contribution in [0.2, 0.25) is 0 Å². The number of fused-ring (bicyclic) bond motifs is 10. The maximum absolute atomic E-state index is 13.4. The van der Waals surface area contributed by atoms with Gasteiger partial charge in [0.2, 0.25) is 11.8 Å². The number of pyridine rings is 10. The Hall–Kier alpha value is -15.5.